The van der Waals surface area contributed by atoms with E-state index in [1.807, 2.05) is 30.3 Å². The van der Waals surface area contributed by atoms with Crippen LogP contribution in [0.5, 0.6) is 0 Å². The van der Waals surface area contributed by atoms with Gasteiger partial charge < -0.3 is 31.9 Å². The highest BCUT2D eigenvalue weighted by Crippen LogP contribution is 2.29. The van der Waals surface area contributed by atoms with E-state index in [2.05, 4.69) is 20.5 Å². The standard InChI is InChI=1S/C24H34N6O5/c1-15(31)28-21-19(29-23(25)26)10-18(22(32)33)11-20(21)30-9-5-8-17(13-30)14-35-24(34)27-12-16-6-3-2-4-7-16/h2-4,6-7,11,17,19-21H,5,8-10,12-14H2,1H3,(H,27,34)(H,28,31)(H,32,33)(H4,25,26,29)/t17-,19-,20+,21+/m0/s1. The molecule has 1 fully saturated rings. The molecule has 1 saturated heterocycles. The number of hydrogen-bond donors (Lipinski definition) is 5. The molecule has 7 N–H and O–H groups in total. The SMILES string of the molecule is CC(=O)N[C@@H]1[C@@H](N=C(N)N)CC(C(=O)O)=C[C@H]1N1CCC[C@H](COC(=O)NCc2ccccc2)C1. The van der Waals surface area contributed by atoms with Crippen molar-refractivity contribution in [3.63, 3.8) is 0 Å². The van der Waals surface area contributed by atoms with Gasteiger partial charge in [0.2, 0.25) is 5.91 Å². The van der Waals surface area contributed by atoms with Crippen LogP contribution in [0.25, 0.3) is 0 Å². The van der Waals surface area contributed by atoms with E-state index in [-0.39, 0.29) is 36.4 Å². The monoisotopic (exact) mass is 486 g/mol. The van der Waals surface area contributed by atoms with E-state index in [9.17, 15) is 19.5 Å². The zero-order valence-electron chi connectivity index (χ0n) is 19.9. The lowest BCUT2D eigenvalue weighted by Gasteiger charge is -2.44. The number of benzene rings is 1. The number of hydrogen-bond acceptors (Lipinski definition) is 6. The molecule has 1 aliphatic heterocycles. The van der Waals surface area contributed by atoms with Gasteiger partial charge in [0.15, 0.2) is 5.96 Å². The number of likely N-dealkylation sites (tertiary alicyclic amines) is 1. The van der Waals surface area contributed by atoms with Gasteiger partial charge in [0.1, 0.15) is 0 Å². The number of amides is 2. The summed E-state index contributed by atoms with van der Waals surface area (Å²) < 4.78 is 5.45. The summed E-state index contributed by atoms with van der Waals surface area (Å²) in [5.41, 5.74) is 12.4. The molecule has 1 heterocycles. The second-order valence-electron chi connectivity index (χ2n) is 8.98. The molecule has 0 unspecified atom stereocenters. The number of piperidine rings is 1. The van der Waals surface area contributed by atoms with Crippen LogP contribution in [0, 0.1) is 5.92 Å². The van der Waals surface area contributed by atoms with Gasteiger partial charge in [0.05, 0.1) is 24.7 Å². The van der Waals surface area contributed by atoms with Gasteiger partial charge in [-0.25, -0.2) is 14.6 Å². The third-order valence-corrected chi connectivity index (χ3v) is 6.24. The molecule has 0 spiro atoms. The number of carboxylic acid groups (broad SMARTS) is 1. The summed E-state index contributed by atoms with van der Waals surface area (Å²) in [7, 11) is 0. The normalized spacial score (nSPS) is 24.5. The fraction of sp³-hybridized carbons (Fsp3) is 0.500. The highest BCUT2D eigenvalue weighted by molar-refractivity contribution is 5.87. The number of ether oxygens (including phenoxy) is 1. The lowest BCUT2D eigenvalue weighted by Crippen LogP contribution is -2.59. The molecule has 1 aromatic rings. The predicted molar refractivity (Wildman–Crippen MR) is 130 cm³/mol. The molecule has 0 radical (unpaired) electrons. The van der Waals surface area contributed by atoms with Crippen LogP contribution in [0.15, 0.2) is 47.0 Å². The van der Waals surface area contributed by atoms with Crippen molar-refractivity contribution in [2.24, 2.45) is 22.4 Å². The smallest absolute Gasteiger partial charge is 0.407 e. The third kappa shape index (κ3) is 7.71. The average Bonchev–Trinajstić information content (AvgIpc) is 2.82. The van der Waals surface area contributed by atoms with Crippen LogP contribution < -0.4 is 22.1 Å². The summed E-state index contributed by atoms with van der Waals surface area (Å²) >= 11 is 0. The molecule has 2 aliphatic rings. The fourth-order valence-electron chi connectivity index (χ4n) is 4.70. The topological polar surface area (TPSA) is 172 Å². The molecular formula is C24H34N6O5. The highest BCUT2D eigenvalue weighted by Gasteiger charge is 2.40. The number of alkyl carbamates (subject to hydrolysis) is 1. The second kappa shape index (κ2) is 12.2. The Bertz CT molecular complexity index is 962. The summed E-state index contributed by atoms with van der Waals surface area (Å²) in [5, 5.41) is 15.3. The minimum Gasteiger partial charge on any atom is -0.478 e. The van der Waals surface area contributed by atoms with Gasteiger partial charge in [0.25, 0.3) is 0 Å². The Hall–Kier alpha value is -3.60. The van der Waals surface area contributed by atoms with Gasteiger partial charge in [-0.3, -0.25) is 9.69 Å². The van der Waals surface area contributed by atoms with Crippen molar-refractivity contribution >= 4 is 23.9 Å². The van der Waals surface area contributed by atoms with Crippen molar-refractivity contribution in [2.45, 2.75) is 50.9 Å². The van der Waals surface area contributed by atoms with Gasteiger partial charge in [-0.15, -0.1) is 0 Å². The summed E-state index contributed by atoms with van der Waals surface area (Å²) in [5.74, 6) is -1.40. The van der Waals surface area contributed by atoms with Crippen LogP contribution in [-0.2, 0) is 20.9 Å². The fourth-order valence-corrected chi connectivity index (χ4v) is 4.70. The minimum absolute atomic E-state index is 0.0642. The maximum Gasteiger partial charge on any atom is 0.407 e. The molecule has 0 saturated carbocycles. The molecule has 0 bridgehead atoms. The molecule has 4 atom stereocenters. The number of guanidine groups is 1. The van der Waals surface area contributed by atoms with Gasteiger partial charge in [-0.05, 0) is 24.9 Å². The summed E-state index contributed by atoms with van der Waals surface area (Å²) in [6.07, 6.45) is 3.01. The maximum atomic E-state index is 12.2. The quantitative estimate of drug-likeness (QED) is 0.262. The number of aliphatic imine (C=N–C) groups is 1. The summed E-state index contributed by atoms with van der Waals surface area (Å²) in [4.78, 5) is 42.3. The van der Waals surface area contributed by atoms with Gasteiger partial charge in [-0.2, -0.15) is 0 Å². The average molecular weight is 487 g/mol. The van der Waals surface area contributed by atoms with E-state index < -0.39 is 30.2 Å². The minimum atomic E-state index is -1.04. The Morgan fingerprint density at radius 2 is 1.97 bits per heavy atom. The zero-order chi connectivity index (χ0) is 25.4. The number of rotatable bonds is 8. The number of nitrogens with two attached hydrogens (primary N) is 2. The van der Waals surface area contributed by atoms with Gasteiger partial charge in [0, 0.05) is 37.9 Å². The molecule has 35 heavy (non-hydrogen) atoms. The van der Waals surface area contributed by atoms with Gasteiger partial charge in [-0.1, -0.05) is 36.4 Å². The van der Waals surface area contributed by atoms with E-state index in [1.165, 1.54) is 6.92 Å². The summed E-state index contributed by atoms with van der Waals surface area (Å²) in [6, 6.07) is 8.04. The molecule has 3 rings (SSSR count). The number of nitrogens with zero attached hydrogens (tertiary/aromatic N) is 2. The number of carboxylic acids is 1. The molecule has 1 aliphatic carbocycles. The number of carbonyl (C=O) groups is 3. The van der Waals surface area contributed by atoms with E-state index in [0.29, 0.717) is 19.6 Å². The molecule has 190 valence electrons. The van der Waals surface area contributed by atoms with Crippen LogP contribution in [0.2, 0.25) is 0 Å². The lowest BCUT2D eigenvalue weighted by atomic mass is 9.84. The highest BCUT2D eigenvalue weighted by atomic mass is 16.5. The van der Waals surface area contributed by atoms with Gasteiger partial charge >= 0.3 is 12.1 Å². The Labute approximate surface area is 204 Å². The van der Waals surface area contributed by atoms with Crippen molar-refractivity contribution in [3.8, 4) is 0 Å². The molecular weight excluding hydrogens is 452 g/mol. The van der Waals surface area contributed by atoms with Crippen molar-refractivity contribution in [1.29, 1.82) is 0 Å². The van der Waals surface area contributed by atoms with Crippen LogP contribution in [0.1, 0.15) is 31.7 Å². The molecule has 11 heteroatoms. The Balaban J connectivity index is 1.66. The first-order chi connectivity index (χ1) is 16.7. The van der Waals surface area contributed by atoms with Crippen LogP contribution >= 0.6 is 0 Å². The van der Waals surface area contributed by atoms with Crippen LogP contribution in [0.3, 0.4) is 0 Å². The summed E-state index contributed by atoms with van der Waals surface area (Å²) in [6.45, 7) is 3.30. The first-order valence-corrected chi connectivity index (χ1v) is 11.7. The first-order valence-electron chi connectivity index (χ1n) is 11.7. The van der Waals surface area contributed by atoms with E-state index in [1.54, 1.807) is 6.08 Å². The number of nitrogens with one attached hydrogen (secondary N) is 2. The van der Waals surface area contributed by atoms with Crippen LogP contribution in [-0.4, -0.2) is 71.8 Å². The number of aliphatic carboxylic acids is 1. The zero-order valence-corrected chi connectivity index (χ0v) is 19.9. The van der Waals surface area contributed by atoms with Crippen LogP contribution in [0.4, 0.5) is 4.79 Å². The lowest BCUT2D eigenvalue weighted by molar-refractivity contribution is -0.133. The van der Waals surface area contributed by atoms with Crippen molar-refractivity contribution in [1.82, 2.24) is 15.5 Å². The van der Waals surface area contributed by atoms with E-state index in [4.69, 9.17) is 16.2 Å². The van der Waals surface area contributed by atoms with E-state index in [0.717, 1.165) is 18.4 Å². The third-order valence-electron chi connectivity index (χ3n) is 6.24. The maximum absolute atomic E-state index is 12.2. The molecule has 1 aromatic carbocycles. The van der Waals surface area contributed by atoms with E-state index >= 15 is 0 Å². The first kappa shape index (κ1) is 26.0. The Morgan fingerprint density at radius 1 is 1.23 bits per heavy atom. The molecule has 2 amide bonds. The largest absolute Gasteiger partial charge is 0.478 e. The molecule has 11 nitrogen and oxygen atoms in total. The predicted octanol–water partition coefficient (Wildman–Crippen LogP) is 0.555. The Morgan fingerprint density at radius 3 is 2.63 bits per heavy atom. The second-order valence-corrected chi connectivity index (χ2v) is 8.98. The molecule has 0 aromatic heterocycles. The van der Waals surface area contributed by atoms with Crippen molar-refractivity contribution in [2.75, 3.05) is 19.7 Å². The van der Waals surface area contributed by atoms with Crippen molar-refractivity contribution in [3.05, 3.63) is 47.5 Å². The number of carbonyl (C=O) groups excluding carboxylic acids is 2. The Kier molecular flexibility index (Phi) is 9.07. The van der Waals surface area contributed by atoms with Crippen molar-refractivity contribution < 1.29 is 24.2 Å².